The van der Waals surface area contributed by atoms with Crippen molar-refractivity contribution < 1.29 is 14.0 Å². The van der Waals surface area contributed by atoms with Gasteiger partial charge in [-0.25, -0.2) is 9.97 Å². The predicted octanol–water partition coefficient (Wildman–Crippen LogP) is 5.92. The highest BCUT2D eigenvalue weighted by atomic mass is 32.1. The fourth-order valence-corrected chi connectivity index (χ4v) is 6.90. The molecule has 2 aliphatic rings. The quantitative estimate of drug-likeness (QED) is 0.259. The van der Waals surface area contributed by atoms with E-state index in [1.807, 2.05) is 10.3 Å². The van der Waals surface area contributed by atoms with Gasteiger partial charge in [-0.1, -0.05) is 12.1 Å². The zero-order valence-corrected chi connectivity index (χ0v) is 24.5. The van der Waals surface area contributed by atoms with Gasteiger partial charge in [0.05, 0.1) is 11.7 Å². The molecule has 6 rings (SSSR count). The average molecular weight is 587 g/mol. The van der Waals surface area contributed by atoms with Crippen molar-refractivity contribution in [3.05, 3.63) is 94.8 Å². The molecule has 5 heterocycles. The van der Waals surface area contributed by atoms with E-state index in [0.29, 0.717) is 23.3 Å². The molecule has 2 aliphatic heterocycles. The van der Waals surface area contributed by atoms with Crippen molar-refractivity contribution in [1.82, 2.24) is 19.4 Å². The van der Waals surface area contributed by atoms with Gasteiger partial charge in [-0.05, 0) is 85.5 Å². The Morgan fingerprint density at radius 2 is 1.86 bits per heavy atom. The molecule has 2 amide bonds. The number of hydrogen-bond donors (Lipinski definition) is 1. The van der Waals surface area contributed by atoms with E-state index < -0.39 is 5.95 Å². The van der Waals surface area contributed by atoms with Crippen LogP contribution in [0.5, 0.6) is 0 Å². The summed E-state index contributed by atoms with van der Waals surface area (Å²) in [4.78, 5) is 37.5. The van der Waals surface area contributed by atoms with Gasteiger partial charge in [0.25, 0.3) is 5.91 Å². The zero-order valence-electron chi connectivity index (χ0n) is 23.7. The highest BCUT2D eigenvalue weighted by Crippen LogP contribution is 2.37. The Morgan fingerprint density at radius 3 is 2.62 bits per heavy atom. The molecular weight excluding hydrogens is 551 g/mol. The number of likely N-dealkylation sites (tertiary alicyclic amines) is 1. The molecule has 0 aliphatic carbocycles. The van der Waals surface area contributed by atoms with Gasteiger partial charge in [0, 0.05) is 56.6 Å². The number of piperidine rings is 1. The van der Waals surface area contributed by atoms with Gasteiger partial charge in [-0.15, -0.1) is 11.3 Å². The minimum atomic E-state index is -0.541. The van der Waals surface area contributed by atoms with Crippen molar-refractivity contribution in [3.63, 3.8) is 0 Å². The highest BCUT2D eigenvalue weighted by Gasteiger charge is 2.29. The maximum Gasteiger partial charge on any atom is 0.274 e. The van der Waals surface area contributed by atoms with Gasteiger partial charge in [-0.3, -0.25) is 14.9 Å². The number of rotatable bonds is 8. The molecule has 4 aromatic rings. The molecule has 2 fully saturated rings. The van der Waals surface area contributed by atoms with Crippen molar-refractivity contribution in [2.24, 2.45) is 5.92 Å². The van der Waals surface area contributed by atoms with E-state index in [4.69, 9.17) is 4.98 Å². The SMILES string of the molecule is CC(=O)N1CCC(Cc2ccc(N3CCC[C@@H]3c3csc(NC(=O)c4cccn4Cc4ccnc(F)c4)n3)cc2)CC1. The van der Waals surface area contributed by atoms with Crippen molar-refractivity contribution in [2.75, 3.05) is 29.9 Å². The molecule has 0 saturated carbocycles. The van der Waals surface area contributed by atoms with Crippen LogP contribution in [0.3, 0.4) is 0 Å². The Balaban J connectivity index is 1.07. The second kappa shape index (κ2) is 12.4. The van der Waals surface area contributed by atoms with Crippen LogP contribution in [0.4, 0.5) is 15.2 Å². The maximum atomic E-state index is 13.5. The summed E-state index contributed by atoms with van der Waals surface area (Å²) in [6.45, 7) is 4.72. The summed E-state index contributed by atoms with van der Waals surface area (Å²) in [5.41, 5.74) is 4.71. The number of nitrogens with one attached hydrogen (secondary N) is 1. The Bertz CT molecular complexity index is 1540. The fourth-order valence-electron chi connectivity index (χ4n) is 6.15. The number of halogens is 1. The molecular formula is C32H35FN6O2S. The molecule has 1 atom stereocenters. The van der Waals surface area contributed by atoms with Crippen LogP contribution < -0.4 is 10.2 Å². The number of nitrogens with zero attached hydrogens (tertiary/aromatic N) is 5. The molecule has 0 spiro atoms. The van der Waals surface area contributed by atoms with E-state index in [1.54, 1.807) is 35.9 Å². The van der Waals surface area contributed by atoms with Gasteiger partial charge in [0.1, 0.15) is 5.69 Å². The third-order valence-electron chi connectivity index (χ3n) is 8.39. The van der Waals surface area contributed by atoms with E-state index in [0.717, 1.165) is 63.0 Å². The van der Waals surface area contributed by atoms with Crippen molar-refractivity contribution >= 4 is 34.0 Å². The molecule has 42 heavy (non-hydrogen) atoms. The first-order chi connectivity index (χ1) is 20.4. The molecule has 0 unspecified atom stereocenters. The summed E-state index contributed by atoms with van der Waals surface area (Å²) < 4.78 is 15.3. The monoisotopic (exact) mass is 586 g/mol. The second-order valence-electron chi connectivity index (χ2n) is 11.2. The molecule has 10 heteroatoms. The van der Waals surface area contributed by atoms with E-state index in [1.165, 1.54) is 34.9 Å². The standard InChI is InChI=1S/C32H35FN6O2S/c1-22(40)37-16-11-24(12-17-37)18-23-6-8-26(9-7-23)39-15-3-4-28(39)27-21-42-32(35-27)36-31(41)29-5-2-14-38(29)20-25-10-13-34-30(33)19-25/h2,5-10,13-14,19,21,24,28H,3-4,11-12,15-18,20H2,1H3,(H,35,36,41)/t28-/m1/s1. The minimum absolute atomic E-state index is 0.166. The number of carbonyl (C=O) groups excluding carboxylic acids is 2. The summed E-state index contributed by atoms with van der Waals surface area (Å²) in [6.07, 6.45) is 8.51. The minimum Gasteiger partial charge on any atom is -0.363 e. The van der Waals surface area contributed by atoms with Crippen LogP contribution in [0.2, 0.25) is 0 Å². The average Bonchev–Trinajstić information content (AvgIpc) is 3.75. The molecule has 3 aromatic heterocycles. The summed E-state index contributed by atoms with van der Waals surface area (Å²) in [5, 5.41) is 5.56. The molecule has 2 saturated heterocycles. The molecule has 8 nitrogen and oxygen atoms in total. The molecule has 0 radical (unpaired) electrons. The van der Waals surface area contributed by atoms with Crippen LogP contribution in [-0.2, 0) is 17.8 Å². The van der Waals surface area contributed by atoms with Crippen LogP contribution in [-0.4, -0.2) is 50.9 Å². The van der Waals surface area contributed by atoms with Gasteiger partial charge in [0.15, 0.2) is 5.13 Å². The zero-order chi connectivity index (χ0) is 29.1. The van der Waals surface area contributed by atoms with Gasteiger partial charge in [-0.2, -0.15) is 4.39 Å². The Morgan fingerprint density at radius 1 is 1.05 bits per heavy atom. The number of carbonyl (C=O) groups is 2. The van der Waals surface area contributed by atoms with Gasteiger partial charge < -0.3 is 14.4 Å². The molecule has 0 bridgehead atoms. The topological polar surface area (TPSA) is 83.4 Å². The number of pyridine rings is 1. The van der Waals surface area contributed by atoms with Crippen LogP contribution in [0.15, 0.2) is 66.3 Å². The normalized spacial score (nSPS) is 17.5. The van der Waals surface area contributed by atoms with Gasteiger partial charge in [0.2, 0.25) is 11.9 Å². The van der Waals surface area contributed by atoms with Crippen LogP contribution in [0.25, 0.3) is 0 Å². The first-order valence-corrected chi connectivity index (χ1v) is 15.4. The molecule has 1 aromatic carbocycles. The van der Waals surface area contributed by atoms with Crippen molar-refractivity contribution in [1.29, 1.82) is 0 Å². The highest BCUT2D eigenvalue weighted by molar-refractivity contribution is 7.14. The first kappa shape index (κ1) is 28.1. The smallest absolute Gasteiger partial charge is 0.274 e. The Hall–Kier alpha value is -4.05. The number of thiazole rings is 1. The number of hydrogen-bond acceptors (Lipinski definition) is 6. The molecule has 218 valence electrons. The van der Waals surface area contributed by atoms with E-state index >= 15 is 0 Å². The molecule has 1 N–H and O–H groups in total. The lowest BCUT2D eigenvalue weighted by molar-refractivity contribution is -0.130. The fraction of sp³-hybridized carbons (Fsp3) is 0.375. The summed E-state index contributed by atoms with van der Waals surface area (Å²) in [7, 11) is 0. The number of amides is 2. The maximum absolute atomic E-state index is 13.5. The first-order valence-electron chi connectivity index (χ1n) is 14.6. The number of anilines is 2. The van der Waals surface area contributed by atoms with E-state index in [9.17, 15) is 14.0 Å². The van der Waals surface area contributed by atoms with E-state index in [-0.39, 0.29) is 17.9 Å². The van der Waals surface area contributed by atoms with Crippen LogP contribution >= 0.6 is 11.3 Å². The lowest BCUT2D eigenvalue weighted by Gasteiger charge is -2.31. The summed E-state index contributed by atoms with van der Waals surface area (Å²) in [5.74, 6) is 0.0106. The third kappa shape index (κ3) is 6.38. The van der Waals surface area contributed by atoms with Gasteiger partial charge >= 0.3 is 0 Å². The van der Waals surface area contributed by atoms with E-state index in [2.05, 4.69) is 39.5 Å². The lowest BCUT2D eigenvalue weighted by Crippen LogP contribution is -2.37. The predicted molar refractivity (Wildman–Crippen MR) is 162 cm³/mol. The lowest BCUT2D eigenvalue weighted by atomic mass is 9.90. The summed E-state index contributed by atoms with van der Waals surface area (Å²) in [6, 6.07) is 15.7. The number of benzene rings is 1. The van der Waals surface area contributed by atoms with Crippen molar-refractivity contribution in [3.8, 4) is 0 Å². The number of aromatic nitrogens is 3. The van der Waals surface area contributed by atoms with Crippen LogP contribution in [0.1, 0.15) is 66.0 Å². The van der Waals surface area contributed by atoms with Crippen LogP contribution in [0, 0.1) is 11.9 Å². The van der Waals surface area contributed by atoms with Crippen molar-refractivity contribution in [2.45, 2.75) is 51.6 Å². The Labute approximate surface area is 249 Å². The Kier molecular flexibility index (Phi) is 8.32. The summed E-state index contributed by atoms with van der Waals surface area (Å²) >= 11 is 1.43. The third-order valence-corrected chi connectivity index (χ3v) is 9.17. The largest absolute Gasteiger partial charge is 0.363 e. The second-order valence-corrected chi connectivity index (χ2v) is 12.1.